The number of hydrogen-bond acceptors (Lipinski definition) is 4. The van der Waals surface area contributed by atoms with Gasteiger partial charge in [0.1, 0.15) is 6.54 Å². The summed E-state index contributed by atoms with van der Waals surface area (Å²) in [5.41, 5.74) is 1.32. The lowest BCUT2D eigenvalue weighted by Gasteiger charge is -2.13. The number of rotatable bonds is 7. The SMILES string of the molecule is CC(C)OCc1ccccc1CNC(=O)Cn1c(=O)[nH]c(=O)c2ccccc21. The molecule has 28 heavy (non-hydrogen) atoms. The molecule has 1 aromatic heterocycles. The summed E-state index contributed by atoms with van der Waals surface area (Å²) in [6.45, 7) is 4.55. The van der Waals surface area contributed by atoms with Crippen molar-refractivity contribution < 1.29 is 9.53 Å². The molecule has 1 amide bonds. The highest BCUT2D eigenvalue weighted by molar-refractivity contribution is 5.81. The van der Waals surface area contributed by atoms with E-state index in [2.05, 4.69) is 10.3 Å². The summed E-state index contributed by atoms with van der Waals surface area (Å²) in [4.78, 5) is 38.8. The molecule has 0 aliphatic rings. The predicted octanol–water partition coefficient (Wildman–Crippen LogP) is 1.93. The van der Waals surface area contributed by atoms with Crippen LogP contribution in [0, 0.1) is 0 Å². The monoisotopic (exact) mass is 381 g/mol. The second-order valence-electron chi connectivity index (χ2n) is 6.77. The largest absolute Gasteiger partial charge is 0.374 e. The number of nitrogens with one attached hydrogen (secondary N) is 2. The van der Waals surface area contributed by atoms with Crippen LogP contribution < -0.4 is 16.6 Å². The Kier molecular flexibility index (Phi) is 6.06. The molecule has 2 aromatic carbocycles. The van der Waals surface area contributed by atoms with E-state index in [0.29, 0.717) is 24.1 Å². The van der Waals surface area contributed by atoms with Gasteiger partial charge in [0.05, 0.1) is 23.6 Å². The predicted molar refractivity (Wildman–Crippen MR) is 107 cm³/mol. The Hall–Kier alpha value is -3.19. The van der Waals surface area contributed by atoms with Crippen molar-refractivity contribution >= 4 is 16.8 Å². The van der Waals surface area contributed by atoms with Gasteiger partial charge >= 0.3 is 5.69 Å². The van der Waals surface area contributed by atoms with E-state index in [-0.39, 0.29) is 18.6 Å². The maximum atomic E-state index is 12.4. The molecule has 0 radical (unpaired) electrons. The number of aromatic amines is 1. The zero-order valence-corrected chi connectivity index (χ0v) is 15.9. The van der Waals surface area contributed by atoms with Gasteiger partial charge in [-0.15, -0.1) is 0 Å². The van der Waals surface area contributed by atoms with Crippen LogP contribution in [0.4, 0.5) is 0 Å². The van der Waals surface area contributed by atoms with Crippen LogP contribution in [-0.2, 0) is 29.2 Å². The first-order chi connectivity index (χ1) is 13.5. The minimum atomic E-state index is -0.607. The highest BCUT2D eigenvalue weighted by Crippen LogP contribution is 2.11. The van der Waals surface area contributed by atoms with Crippen LogP contribution in [0.2, 0.25) is 0 Å². The lowest BCUT2D eigenvalue weighted by molar-refractivity contribution is -0.121. The van der Waals surface area contributed by atoms with Crippen LogP contribution in [0.3, 0.4) is 0 Å². The fourth-order valence-corrected chi connectivity index (χ4v) is 2.92. The number of benzene rings is 2. The van der Waals surface area contributed by atoms with Gasteiger partial charge in [0.25, 0.3) is 5.56 Å². The molecule has 7 nitrogen and oxygen atoms in total. The first-order valence-electron chi connectivity index (χ1n) is 9.12. The van der Waals surface area contributed by atoms with E-state index >= 15 is 0 Å². The van der Waals surface area contributed by atoms with E-state index < -0.39 is 11.2 Å². The topological polar surface area (TPSA) is 93.2 Å². The molecule has 3 rings (SSSR count). The molecule has 3 aromatic rings. The molecule has 2 N–H and O–H groups in total. The number of aromatic nitrogens is 2. The molecule has 1 heterocycles. The molecular weight excluding hydrogens is 358 g/mol. The van der Waals surface area contributed by atoms with Gasteiger partial charge in [-0.05, 0) is 37.1 Å². The van der Waals surface area contributed by atoms with E-state index in [1.807, 2.05) is 38.1 Å². The average molecular weight is 381 g/mol. The number of carbonyl (C=O) groups is 1. The number of para-hydroxylation sites is 1. The summed E-state index contributed by atoms with van der Waals surface area (Å²) in [7, 11) is 0. The van der Waals surface area contributed by atoms with Crippen LogP contribution in [0.15, 0.2) is 58.1 Å². The molecule has 7 heteroatoms. The Morgan fingerprint density at radius 1 is 1.07 bits per heavy atom. The van der Waals surface area contributed by atoms with Crippen LogP contribution in [0.1, 0.15) is 25.0 Å². The Balaban J connectivity index is 1.74. The van der Waals surface area contributed by atoms with Crippen molar-refractivity contribution in [2.75, 3.05) is 0 Å². The van der Waals surface area contributed by atoms with Gasteiger partial charge in [0.15, 0.2) is 0 Å². The van der Waals surface area contributed by atoms with E-state index in [9.17, 15) is 14.4 Å². The minimum absolute atomic E-state index is 0.114. The second kappa shape index (κ2) is 8.67. The summed E-state index contributed by atoms with van der Waals surface area (Å²) in [5.74, 6) is -0.320. The number of amides is 1. The van der Waals surface area contributed by atoms with Crippen molar-refractivity contribution in [3.05, 3.63) is 80.5 Å². The normalized spacial score (nSPS) is 11.1. The summed E-state index contributed by atoms with van der Waals surface area (Å²) in [5, 5.41) is 3.20. The van der Waals surface area contributed by atoms with Crippen LogP contribution >= 0.6 is 0 Å². The zero-order valence-electron chi connectivity index (χ0n) is 15.9. The third kappa shape index (κ3) is 4.55. The van der Waals surface area contributed by atoms with Crippen molar-refractivity contribution in [2.45, 2.75) is 39.6 Å². The van der Waals surface area contributed by atoms with Crippen molar-refractivity contribution in [2.24, 2.45) is 0 Å². The number of hydrogen-bond donors (Lipinski definition) is 2. The Morgan fingerprint density at radius 3 is 2.50 bits per heavy atom. The van der Waals surface area contributed by atoms with E-state index in [0.717, 1.165) is 11.1 Å². The minimum Gasteiger partial charge on any atom is -0.374 e. The van der Waals surface area contributed by atoms with E-state index in [1.165, 1.54) is 4.57 Å². The number of ether oxygens (including phenoxy) is 1. The maximum Gasteiger partial charge on any atom is 0.329 e. The lowest BCUT2D eigenvalue weighted by Crippen LogP contribution is -2.36. The fraction of sp³-hybridized carbons (Fsp3) is 0.286. The van der Waals surface area contributed by atoms with Gasteiger partial charge in [0, 0.05) is 6.54 Å². The molecule has 0 bridgehead atoms. The molecule has 0 unspecified atom stereocenters. The van der Waals surface area contributed by atoms with E-state index in [1.54, 1.807) is 24.3 Å². The molecule has 0 spiro atoms. The summed E-state index contributed by atoms with van der Waals surface area (Å²) < 4.78 is 6.92. The molecule has 0 aliphatic heterocycles. The number of H-pyrrole nitrogens is 1. The van der Waals surface area contributed by atoms with Crippen molar-refractivity contribution in [3.8, 4) is 0 Å². The van der Waals surface area contributed by atoms with Crippen molar-refractivity contribution in [3.63, 3.8) is 0 Å². The average Bonchev–Trinajstić information content (AvgIpc) is 2.68. The Morgan fingerprint density at radius 2 is 1.75 bits per heavy atom. The molecule has 0 aliphatic carbocycles. The van der Waals surface area contributed by atoms with Gasteiger partial charge in [-0.25, -0.2) is 4.79 Å². The van der Waals surface area contributed by atoms with Gasteiger partial charge < -0.3 is 10.1 Å². The van der Waals surface area contributed by atoms with Crippen LogP contribution in [0.5, 0.6) is 0 Å². The quantitative estimate of drug-likeness (QED) is 0.654. The molecule has 0 saturated heterocycles. The molecule has 0 atom stereocenters. The fourth-order valence-electron chi connectivity index (χ4n) is 2.92. The number of nitrogens with zero attached hydrogens (tertiary/aromatic N) is 1. The first kappa shape index (κ1) is 19.6. The first-order valence-corrected chi connectivity index (χ1v) is 9.12. The summed E-state index contributed by atoms with van der Waals surface area (Å²) in [6, 6.07) is 14.4. The van der Waals surface area contributed by atoms with Gasteiger partial charge in [-0.3, -0.25) is 19.1 Å². The summed E-state index contributed by atoms with van der Waals surface area (Å²) in [6.07, 6.45) is 0.114. The highest BCUT2D eigenvalue weighted by Gasteiger charge is 2.11. The summed E-state index contributed by atoms with van der Waals surface area (Å²) >= 11 is 0. The van der Waals surface area contributed by atoms with Crippen molar-refractivity contribution in [1.82, 2.24) is 14.9 Å². The third-order valence-electron chi connectivity index (χ3n) is 4.37. The van der Waals surface area contributed by atoms with Crippen molar-refractivity contribution in [1.29, 1.82) is 0 Å². The molecule has 146 valence electrons. The van der Waals surface area contributed by atoms with Crippen LogP contribution in [-0.4, -0.2) is 21.6 Å². The molecule has 0 fully saturated rings. The Labute approximate surface area is 162 Å². The highest BCUT2D eigenvalue weighted by atomic mass is 16.5. The van der Waals surface area contributed by atoms with E-state index in [4.69, 9.17) is 4.74 Å². The zero-order chi connectivity index (χ0) is 20.1. The van der Waals surface area contributed by atoms with Gasteiger partial charge in [-0.2, -0.15) is 0 Å². The maximum absolute atomic E-state index is 12.4. The van der Waals surface area contributed by atoms with Gasteiger partial charge in [0.2, 0.25) is 5.91 Å². The third-order valence-corrected chi connectivity index (χ3v) is 4.37. The molecular formula is C21H23N3O4. The standard InChI is InChI=1S/C21H23N3O4/c1-14(2)28-13-16-8-4-3-7-15(16)11-22-19(25)12-24-18-10-6-5-9-17(18)20(26)23-21(24)27/h3-10,14H,11-13H2,1-2H3,(H,22,25)(H,23,26,27). The number of carbonyl (C=O) groups excluding carboxylic acids is 1. The molecule has 0 saturated carbocycles. The number of fused-ring (bicyclic) bond motifs is 1. The Bertz CT molecular complexity index is 1100. The van der Waals surface area contributed by atoms with Gasteiger partial charge in [-0.1, -0.05) is 36.4 Å². The smallest absolute Gasteiger partial charge is 0.329 e. The second-order valence-corrected chi connectivity index (χ2v) is 6.77. The lowest BCUT2D eigenvalue weighted by atomic mass is 10.1. The van der Waals surface area contributed by atoms with Crippen LogP contribution in [0.25, 0.3) is 10.9 Å².